The van der Waals surface area contributed by atoms with E-state index >= 15 is 0 Å². The molecule has 1 atom stereocenters. The monoisotopic (exact) mass is 452 g/mol. The van der Waals surface area contributed by atoms with Crippen LogP contribution in [0.3, 0.4) is 0 Å². The molecule has 3 heterocycles. The summed E-state index contributed by atoms with van der Waals surface area (Å²) in [5.74, 6) is 0.534. The Kier molecular flexibility index (Phi) is 6.02. The largest absolute Gasteiger partial charge is 0.390 e. The summed E-state index contributed by atoms with van der Waals surface area (Å²) >= 11 is 0. The third-order valence-corrected chi connectivity index (χ3v) is 7.09. The number of rotatable bonds is 6. The highest BCUT2D eigenvalue weighted by molar-refractivity contribution is 5.99. The minimum atomic E-state index is -0.623. The molecule has 5 heteroatoms. The molecular weight excluding hydrogens is 420 g/mol. The lowest BCUT2D eigenvalue weighted by molar-refractivity contribution is 0.0670. The van der Waals surface area contributed by atoms with Crippen molar-refractivity contribution in [2.45, 2.75) is 45.1 Å². The quantitative estimate of drug-likeness (QED) is 0.474. The molecule has 1 saturated heterocycles. The third kappa shape index (κ3) is 4.64. The van der Waals surface area contributed by atoms with Crippen molar-refractivity contribution in [3.63, 3.8) is 0 Å². The van der Waals surface area contributed by atoms with Crippen molar-refractivity contribution in [1.82, 2.24) is 9.97 Å². The number of hydrogen-bond acceptors (Lipinski definition) is 4. The maximum absolute atomic E-state index is 10.0. The van der Waals surface area contributed by atoms with Crippen LogP contribution in [-0.2, 0) is 0 Å². The normalized spacial score (nSPS) is 18.9. The number of H-pyrrole nitrogens is 1. The highest BCUT2D eigenvalue weighted by Gasteiger charge is 2.24. The van der Waals surface area contributed by atoms with Crippen LogP contribution in [-0.4, -0.2) is 33.8 Å². The van der Waals surface area contributed by atoms with Crippen LogP contribution in [0.2, 0.25) is 0 Å². The van der Waals surface area contributed by atoms with E-state index in [0.717, 1.165) is 60.9 Å². The summed E-state index contributed by atoms with van der Waals surface area (Å²) in [6.45, 7) is 5.51. The summed E-state index contributed by atoms with van der Waals surface area (Å²) in [6, 6.07) is 13.3. The van der Waals surface area contributed by atoms with Gasteiger partial charge in [0.05, 0.1) is 17.4 Å². The van der Waals surface area contributed by atoms with Crippen LogP contribution in [0.4, 0.5) is 5.69 Å². The van der Waals surface area contributed by atoms with E-state index in [1.807, 2.05) is 26.2 Å². The average molecular weight is 453 g/mol. The number of nitriles is 1. The zero-order chi connectivity index (χ0) is 23.7. The van der Waals surface area contributed by atoms with Gasteiger partial charge >= 0.3 is 0 Å². The van der Waals surface area contributed by atoms with Crippen molar-refractivity contribution in [1.29, 1.82) is 5.26 Å². The molecule has 0 spiro atoms. The Morgan fingerprint density at radius 3 is 2.59 bits per heavy atom. The Morgan fingerprint density at radius 2 is 1.88 bits per heavy atom. The summed E-state index contributed by atoms with van der Waals surface area (Å²) in [5, 5.41) is 20.5. The zero-order valence-electron chi connectivity index (χ0n) is 20.0. The van der Waals surface area contributed by atoms with E-state index in [1.165, 1.54) is 16.8 Å². The van der Waals surface area contributed by atoms with Gasteiger partial charge in [-0.1, -0.05) is 42.5 Å². The minimum Gasteiger partial charge on any atom is -0.390 e. The summed E-state index contributed by atoms with van der Waals surface area (Å²) in [4.78, 5) is 10.3. The molecule has 1 aromatic carbocycles. The predicted octanol–water partition coefficient (Wildman–Crippen LogP) is 6.09. The van der Waals surface area contributed by atoms with Crippen LogP contribution in [0, 0.1) is 23.2 Å². The molecule has 5 nitrogen and oxygen atoms in total. The Hall–Kier alpha value is -3.36. The summed E-state index contributed by atoms with van der Waals surface area (Å²) in [6.07, 6.45) is 14.2. The fourth-order valence-electron chi connectivity index (χ4n) is 5.08. The second-order valence-electron chi connectivity index (χ2n) is 10.2. The molecule has 5 rings (SSSR count). The molecule has 1 fully saturated rings. The van der Waals surface area contributed by atoms with Gasteiger partial charge in [0.25, 0.3) is 0 Å². The van der Waals surface area contributed by atoms with Gasteiger partial charge in [-0.05, 0) is 68.2 Å². The van der Waals surface area contributed by atoms with Gasteiger partial charge < -0.3 is 15.0 Å². The van der Waals surface area contributed by atoms with E-state index in [1.54, 1.807) is 0 Å². The molecule has 34 heavy (non-hydrogen) atoms. The number of hydrogen-bond donors (Lipinski definition) is 2. The van der Waals surface area contributed by atoms with Crippen molar-refractivity contribution in [3.8, 4) is 17.2 Å². The van der Waals surface area contributed by atoms with E-state index in [-0.39, 0.29) is 5.92 Å². The maximum atomic E-state index is 10.0. The lowest BCUT2D eigenvalue weighted by Gasteiger charge is -2.33. The summed E-state index contributed by atoms with van der Waals surface area (Å²) in [7, 11) is 0. The van der Waals surface area contributed by atoms with Crippen LogP contribution in [0.1, 0.15) is 45.1 Å². The van der Waals surface area contributed by atoms with Gasteiger partial charge in [-0.25, -0.2) is 4.98 Å². The fraction of sp³-hybridized carbons (Fsp3) is 0.379. The molecule has 0 amide bonds. The third-order valence-electron chi connectivity index (χ3n) is 7.09. The predicted molar refractivity (Wildman–Crippen MR) is 138 cm³/mol. The topological polar surface area (TPSA) is 75.9 Å². The lowest BCUT2D eigenvalue weighted by atomic mass is 9.94. The highest BCUT2D eigenvalue weighted by atomic mass is 16.3. The number of aromatic amines is 1. The van der Waals surface area contributed by atoms with Crippen molar-refractivity contribution >= 4 is 22.3 Å². The molecule has 0 bridgehead atoms. The van der Waals surface area contributed by atoms with E-state index in [4.69, 9.17) is 0 Å². The molecule has 2 N–H and O–H groups in total. The molecule has 1 aliphatic heterocycles. The first-order valence-electron chi connectivity index (χ1n) is 12.3. The molecule has 0 radical (unpaired) electrons. The van der Waals surface area contributed by atoms with Crippen molar-refractivity contribution in [2.24, 2.45) is 11.8 Å². The number of pyridine rings is 1. The number of anilines is 1. The van der Waals surface area contributed by atoms with Crippen LogP contribution >= 0.6 is 0 Å². The zero-order valence-corrected chi connectivity index (χ0v) is 20.0. The van der Waals surface area contributed by atoms with Crippen molar-refractivity contribution < 1.29 is 5.11 Å². The Morgan fingerprint density at radius 1 is 1.15 bits per heavy atom. The smallest absolute Gasteiger partial charge is 0.139 e. The Labute approximate surface area is 201 Å². The first-order valence-corrected chi connectivity index (χ1v) is 12.3. The maximum Gasteiger partial charge on any atom is 0.139 e. The number of benzene rings is 1. The molecule has 174 valence electrons. The van der Waals surface area contributed by atoms with Crippen LogP contribution < -0.4 is 4.90 Å². The van der Waals surface area contributed by atoms with Gasteiger partial charge in [-0.2, -0.15) is 5.26 Å². The minimum absolute atomic E-state index is 0.155. The van der Waals surface area contributed by atoms with E-state index in [9.17, 15) is 10.4 Å². The fourth-order valence-corrected chi connectivity index (χ4v) is 5.08. The standard InChI is InChI=1S/C29H32N4O/c1-29(2,34)13-9-20-3-4-24(17-20)22-5-7-23(8-6-22)26-19-32-28-25(10-14-31-28)27(26)33-15-11-21(18-30)12-16-33/h3-8,10,14,17,19-21,34H,9,11-13,15-16H2,1-2H3,(H,31,32). The average Bonchev–Trinajstić information content (AvgIpc) is 3.52. The molecule has 1 aliphatic carbocycles. The number of nitrogens with one attached hydrogen (secondary N) is 1. The Bertz CT molecular complexity index is 1260. The van der Waals surface area contributed by atoms with Crippen molar-refractivity contribution in [2.75, 3.05) is 18.0 Å². The Balaban J connectivity index is 1.41. The number of nitrogens with zero attached hydrogens (tertiary/aromatic N) is 3. The lowest BCUT2D eigenvalue weighted by Crippen LogP contribution is -2.33. The van der Waals surface area contributed by atoms with Gasteiger partial charge in [-0.15, -0.1) is 0 Å². The first kappa shape index (κ1) is 22.4. The highest BCUT2D eigenvalue weighted by Crippen LogP contribution is 2.39. The van der Waals surface area contributed by atoms with Gasteiger partial charge in [0.15, 0.2) is 0 Å². The number of allylic oxidation sites excluding steroid dienone is 4. The van der Waals surface area contributed by atoms with Crippen LogP contribution in [0.25, 0.3) is 27.7 Å². The molecule has 2 aliphatic rings. The molecule has 1 unspecified atom stereocenters. The molecule has 2 aromatic heterocycles. The number of fused-ring (bicyclic) bond motifs is 1. The number of piperidine rings is 1. The molecular formula is C29H32N4O. The van der Waals surface area contributed by atoms with E-state index in [2.05, 4.69) is 69.5 Å². The van der Waals surface area contributed by atoms with Gasteiger partial charge in [-0.3, -0.25) is 0 Å². The van der Waals surface area contributed by atoms with Gasteiger partial charge in [0, 0.05) is 42.4 Å². The molecule has 0 saturated carbocycles. The second kappa shape index (κ2) is 9.12. The number of aromatic nitrogens is 2. The van der Waals surface area contributed by atoms with E-state index in [0.29, 0.717) is 5.92 Å². The van der Waals surface area contributed by atoms with Crippen LogP contribution in [0.5, 0.6) is 0 Å². The summed E-state index contributed by atoms with van der Waals surface area (Å²) in [5.41, 5.74) is 6.22. The van der Waals surface area contributed by atoms with Crippen LogP contribution in [0.15, 0.2) is 61.0 Å². The summed E-state index contributed by atoms with van der Waals surface area (Å²) < 4.78 is 0. The van der Waals surface area contributed by atoms with Gasteiger partial charge in [0.1, 0.15) is 5.65 Å². The van der Waals surface area contributed by atoms with Crippen molar-refractivity contribution in [3.05, 3.63) is 66.5 Å². The first-order chi connectivity index (χ1) is 16.4. The number of aliphatic hydroxyl groups is 1. The van der Waals surface area contributed by atoms with E-state index < -0.39 is 5.60 Å². The SMILES string of the molecule is CC(C)(O)CCC1C=CC(c2ccc(-c3cnc4[nH]ccc4c3N3CCC(C#N)CC3)cc2)=C1. The molecule has 3 aromatic rings. The second-order valence-corrected chi connectivity index (χ2v) is 10.2. The van der Waals surface area contributed by atoms with Gasteiger partial charge in [0.2, 0.25) is 0 Å².